The molecule has 1 fully saturated rings. The van der Waals surface area contributed by atoms with Crippen molar-refractivity contribution in [1.82, 2.24) is 10.2 Å². The Morgan fingerprint density at radius 2 is 2.12 bits per heavy atom. The molecule has 0 heterocycles. The molecule has 0 atom stereocenters. The van der Waals surface area contributed by atoms with Gasteiger partial charge in [-0.25, -0.2) is 9.69 Å². The van der Waals surface area contributed by atoms with Crippen molar-refractivity contribution in [2.75, 3.05) is 13.7 Å². The molecule has 2 amide bonds. The molecule has 0 aromatic carbocycles. The van der Waals surface area contributed by atoms with Gasteiger partial charge in [-0.15, -0.1) is 0 Å². The predicted octanol–water partition coefficient (Wildman–Crippen LogP) is 1.30. The SMILES string of the molecule is CNC(=O)N(C(=N)OCC(F)(F)F)C1CC1. The molecule has 1 saturated carbocycles. The van der Waals surface area contributed by atoms with Gasteiger partial charge in [0.2, 0.25) is 0 Å². The van der Waals surface area contributed by atoms with E-state index in [9.17, 15) is 18.0 Å². The Kier molecular flexibility index (Phi) is 3.61. The molecule has 0 aromatic rings. The highest BCUT2D eigenvalue weighted by atomic mass is 19.4. The van der Waals surface area contributed by atoms with Crippen LogP contribution in [0.1, 0.15) is 12.8 Å². The average molecular weight is 239 g/mol. The minimum atomic E-state index is -4.51. The summed E-state index contributed by atoms with van der Waals surface area (Å²) in [5, 5.41) is 9.52. The summed E-state index contributed by atoms with van der Waals surface area (Å²) in [5.41, 5.74) is 0. The van der Waals surface area contributed by atoms with Crippen molar-refractivity contribution in [3.05, 3.63) is 0 Å². The maximum Gasteiger partial charge on any atom is 0.422 e. The van der Waals surface area contributed by atoms with Gasteiger partial charge in [0, 0.05) is 13.1 Å². The lowest BCUT2D eigenvalue weighted by atomic mass is 10.5. The number of amides is 2. The van der Waals surface area contributed by atoms with Crippen LogP contribution < -0.4 is 5.32 Å². The number of nitrogens with zero attached hydrogens (tertiary/aromatic N) is 1. The minimum absolute atomic E-state index is 0.222. The smallest absolute Gasteiger partial charge is 0.422 e. The van der Waals surface area contributed by atoms with E-state index in [1.165, 1.54) is 7.05 Å². The van der Waals surface area contributed by atoms with Gasteiger partial charge in [-0.1, -0.05) is 0 Å². The molecule has 0 spiro atoms. The van der Waals surface area contributed by atoms with E-state index in [-0.39, 0.29) is 6.04 Å². The summed E-state index contributed by atoms with van der Waals surface area (Å²) in [6.07, 6.45) is -3.17. The first-order chi connectivity index (χ1) is 7.35. The average Bonchev–Trinajstić information content (AvgIpc) is 2.98. The van der Waals surface area contributed by atoms with Gasteiger partial charge < -0.3 is 10.1 Å². The van der Waals surface area contributed by atoms with E-state index in [2.05, 4.69) is 10.1 Å². The number of hydrogen-bond donors (Lipinski definition) is 2. The van der Waals surface area contributed by atoms with Crippen LogP contribution in [0.5, 0.6) is 0 Å². The van der Waals surface area contributed by atoms with E-state index in [0.717, 1.165) is 4.90 Å². The molecule has 8 heteroatoms. The Labute approximate surface area is 90.1 Å². The summed E-state index contributed by atoms with van der Waals surface area (Å²) in [7, 11) is 1.34. The quantitative estimate of drug-likeness (QED) is 0.563. The first-order valence-electron chi connectivity index (χ1n) is 4.64. The maximum absolute atomic E-state index is 11.8. The van der Waals surface area contributed by atoms with Crippen LogP contribution in [0.3, 0.4) is 0 Å². The largest absolute Gasteiger partial charge is 0.455 e. The van der Waals surface area contributed by atoms with Crippen molar-refractivity contribution in [3.8, 4) is 0 Å². The fraction of sp³-hybridized carbons (Fsp3) is 0.750. The lowest BCUT2D eigenvalue weighted by Gasteiger charge is -2.22. The molecular weight excluding hydrogens is 227 g/mol. The second-order valence-electron chi connectivity index (χ2n) is 3.37. The van der Waals surface area contributed by atoms with Gasteiger partial charge >= 0.3 is 12.2 Å². The third-order valence-electron chi connectivity index (χ3n) is 1.94. The molecule has 1 aliphatic rings. The van der Waals surface area contributed by atoms with Crippen LogP contribution in [-0.4, -0.2) is 42.8 Å². The van der Waals surface area contributed by atoms with E-state index in [1.54, 1.807) is 0 Å². The Bertz CT molecular complexity index is 289. The zero-order chi connectivity index (χ0) is 12.3. The standard InChI is InChI=1S/C8H12F3N3O2/c1-13-7(15)14(5-2-3-5)6(12)16-4-8(9,10)11/h5,12H,2-4H2,1H3,(H,13,15). The van der Waals surface area contributed by atoms with E-state index < -0.39 is 24.8 Å². The molecule has 1 aliphatic carbocycles. The van der Waals surface area contributed by atoms with Crippen LogP contribution in [0.4, 0.5) is 18.0 Å². The molecule has 0 bridgehead atoms. The van der Waals surface area contributed by atoms with Crippen LogP contribution in [0.25, 0.3) is 0 Å². The van der Waals surface area contributed by atoms with Crippen LogP contribution >= 0.6 is 0 Å². The van der Waals surface area contributed by atoms with Crippen molar-refractivity contribution in [1.29, 1.82) is 5.41 Å². The number of ether oxygens (including phenoxy) is 1. The number of nitrogens with one attached hydrogen (secondary N) is 2. The summed E-state index contributed by atoms with van der Waals surface area (Å²) < 4.78 is 39.7. The van der Waals surface area contributed by atoms with Gasteiger partial charge in [0.1, 0.15) is 0 Å². The van der Waals surface area contributed by atoms with E-state index in [0.29, 0.717) is 12.8 Å². The highest BCUT2D eigenvalue weighted by Crippen LogP contribution is 2.27. The molecule has 16 heavy (non-hydrogen) atoms. The van der Waals surface area contributed by atoms with Crippen molar-refractivity contribution in [3.63, 3.8) is 0 Å². The van der Waals surface area contributed by atoms with Crippen LogP contribution in [0, 0.1) is 5.41 Å². The Balaban J connectivity index is 2.51. The van der Waals surface area contributed by atoms with Gasteiger partial charge in [-0.3, -0.25) is 5.41 Å². The van der Waals surface area contributed by atoms with Crippen LogP contribution in [0.15, 0.2) is 0 Å². The molecular formula is C8H12F3N3O2. The zero-order valence-electron chi connectivity index (χ0n) is 8.60. The summed E-state index contributed by atoms with van der Waals surface area (Å²) >= 11 is 0. The molecule has 0 aliphatic heterocycles. The first kappa shape index (κ1) is 12.6. The second kappa shape index (κ2) is 4.58. The first-order valence-corrected chi connectivity index (χ1v) is 4.64. The van der Waals surface area contributed by atoms with E-state index in [4.69, 9.17) is 5.41 Å². The monoisotopic (exact) mass is 239 g/mol. The Morgan fingerprint density at radius 1 is 1.56 bits per heavy atom. The highest BCUT2D eigenvalue weighted by Gasteiger charge is 2.38. The van der Waals surface area contributed by atoms with Gasteiger partial charge in [-0.2, -0.15) is 13.2 Å². The van der Waals surface area contributed by atoms with E-state index >= 15 is 0 Å². The van der Waals surface area contributed by atoms with E-state index in [1.807, 2.05) is 0 Å². The molecule has 2 N–H and O–H groups in total. The van der Waals surface area contributed by atoms with Crippen molar-refractivity contribution >= 4 is 12.1 Å². The summed E-state index contributed by atoms with van der Waals surface area (Å²) in [4.78, 5) is 12.2. The number of alkyl halides is 3. The minimum Gasteiger partial charge on any atom is -0.455 e. The van der Waals surface area contributed by atoms with Gasteiger partial charge in [0.15, 0.2) is 6.61 Å². The number of rotatable bonds is 2. The lowest BCUT2D eigenvalue weighted by Crippen LogP contribution is -2.45. The number of halogens is 3. The Hall–Kier alpha value is -1.47. The maximum atomic E-state index is 11.8. The molecule has 0 radical (unpaired) electrons. The van der Waals surface area contributed by atoms with Crippen LogP contribution in [0.2, 0.25) is 0 Å². The number of carbonyl (C=O) groups is 1. The number of urea groups is 1. The molecule has 1 rings (SSSR count). The van der Waals surface area contributed by atoms with Gasteiger partial charge in [-0.05, 0) is 12.8 Å². The summed E-state index contributed by atoms with van der Waals surface area (Å²) in [6.45, 7) is -1.56. The third kappa shape index (κ3) is 3.59. The number of amidine groups is 1. The van der Waals surface area contributed by atoms with Crippen LogP contribution in [-0.2, 0) is 4.74 Å². The van der Waals surface area contributed by atoms with Gasteiger partial charge in [0.25, 0.3) is 6.02 Å². The molecule has 92 valence electrons. The molecule has 5 nitrogen and oxygen atoms in total. The van der Waals surface area contributed by atoms with Crippen molar-refractivity contribution in [2.24, 2.45) is 0 Å². The lowest BCUT2D eigenvalue weighted by molar-refractivity contribution is -0.158. The predicted molar refractivity (Wildman–Crippen MR) is 49.1 cm³/mol. The van der Waals surface area contributed by atoms with Crippen molar-refractivity contribution in [2.45, 2.75) is 25.1 Å². The third-order valence-corrected chi connectivity index (χ3v) is 1.94. The number of hydrogen-bond acceptors (Lipinski definition) is 3. The highest BCUT2D eigenvalue weighted by molar-refractivity contribution is 5.92. The molecule has 0 saturated heterocycles. The fourth-order valence-corrected chi connectivity index (χ4v) is 1.10. The normalized spacial score (nSPS) is 15.5. The summed E-state index contributed by atoms with van der Waals surface area (Å²) in [5.74, 6) is 0. The fourth-order valence-electron chi connectivity index (χ4n) is 1.10. The Morgan fingerprint density at radius 3 is 2.50 bits per heavy atom. The van der Waals surface area contributed by atoms with Crippen molar-refractivity contribution < 1.29 is 22.7 Å². The second-order valence-corrected chi connectivity index (χ2v) is 3.37. The topological polar surface area (TPSA) is 65.4 Å². The van der Waals surface area contributed by atoms with Gasteiger partial charge in [0.05, 0.1) is 0 Å². The molecule has 0 aromatic heterocycles. The summed E-state index contributed by atoms with van der Waals surface area (Å²) in [6, 6.07) is -1.62. The number of carbonyl (C=O) groups excluding carboxylic acids is 1. The zero-order valence-corrected chi connectivity index (χ0v) is 8.60. The molecule has 0 unspecified atom stereocenters.